The van der Waals surface area contributed by atoms with Gasteiger partial charge in [-0.3, -0.25) is 0 Å². The molecule has 0 saturated heterocycles. The maximum atomic E-state index is 11.8. The Labute approximate surface area is 95.8 Å². The Hall–Kier alpha value is -1.51. The van der Waals surface area contributed by atoms with Crippen LogP contribution in [0.2, 0.25) is 0 Å². The Morgan fingerprint density at radius 2 is 2.31 bits per heavy atom. The van der Waals surface area contributed by atoms with E-state index in [0.717, 1.165) is 36.2 Å². The first-order valence-electron chi connectivity index (χ1n) is 5.77. The molecule has 0 spiro atoms. The van der Waals surface area contributed by atoms with Crippen LogP contribution >= 0.6 is 0 Å². The monoisotopic (exact) mass is 219 g/mol. The predicted molar refractivity (Wildman–Crippen MR) is 63.9 cm³/mol. The van der Waals surface area contributed by atoms with E-state index in [4.69, 9.17) is 4.74 Å². The van der Waals surface area contributed by atoms with Gasteiger partial charge in [-0.2, -0.15) is 0 Å². The van der Waals surface area contributed by atoms with Crippen molar-refractivity contribution in [3.05, 3.63) is 28.8 Å². The maximum Gasteiger partial charge on any atom is 0.338 e. The van der Waals surface area contributed by atoms with Crippen molar-refractivity contribution in [1.82, 2.24) is 0 Å². The van der Waals surface area contributed by atoms with Gasteiger partial charge in [-0.1, -0.05) is 6.07 Å². The number of aryl methyl sites for hydroxylation is 1. The number of ether oxygens (including phenoxy) is 1. The van der Waals surface area contributed by atoms with Crippen LogP contribution in [0.3, 0.4) is 0 Å². The fourth-order valence-electron chi connectivity index (χ4n) is 2.15. The third kappa shape index (κ3) is 1.90. The highest BCUT2D eigenvalue weighted by Gasteiger charge is 2.19. The fraction of sp³-hybridized carbons (Fsp3) is 0.462. The van der Waals surface area contributed by atoms with Crippen molar-refractivity contribution in [2.24, 2.45) is 0 Å². The minimum absolute atomic E-state index is 0.206. The van der Waals surface area contributed by atoms with E-state index in [2.05, 4.69) is 12.2 Å². The Kier molecular flexibility index (Phi) is 3.13. The molecule has 0 amide bonds. The topological polar surface area (TPSA) is 38.3 Å². The van der Waals surface area contributed by atoms with Crippen LogP contribution in [0, 0.1) is 6.92 Å². The van der Waals surface area contributed by atoms with E-state index in [-0.39, 0.29) is 5.97 Å². The van der Waals surface area contributed by atoms with Gasteiger partial charge in [-0.05, 0) is 43.9 Å². The second kappa shape index (κ2) is 4.56. The lowest BCUT2D eigenvalue weighted by molar-refractivity contribution is 0.0525. The lowest BCUT2D eigenvalue weighted by atomic mass is 9.95. The molecule has 0 aromatic heterocycles. The summed E-state index contributed by atoms with van der Waals surface area (Å²) in [4.78, 5) is 11.8. The third-order valence-corrected chi connectivity index (χ3v) is 2.92. The average molecular weight is 219 g/mol. The molecule has 1 aliphatic rings. The molecule has 1 aromatic rings. The minimum atomic E-state index is -0.206. The van der Waals surface area contributed by atoms with Crippen molar-refractivity contribution < 1.29 is 9.53 Å². The summed E-state index contributed by atoms with van der Waals surface area (Å²) in [6.07, 6.45) is 2.03. The number of nitrogens with one attached hydrogen (secondary N) is 1. The zero-order valence-corrected chi connectivity index (χ0v) is 9.80. The highest BCUT2D eigenvalue weighted by Crippen LogP contribution is 2.29. The second-order valence-electron chi connectivity index (χ2n) is 4.03. The molecule has 0 fully saturated rings. The molecule has 3 nitrogen and oxygen atoms in total. The molecule has 1 aromatic carbocycles. The molecule has 86 valence electrons. The first-order valence-corrected chi connectivity index (χ1v) is 5.77. The molecular formula is C13H17NO2. The van der Waals surface area contributed by atoms with E-state index in [1.54, 1.807) is 0 Å². The Morgan fingerprint density at radius 1 is 1.50 bits per heavy atom. The van der Waals surface area contributed by atoms with Crippen LogP contribution in [0.25, 0.3) is 0 Å². The highest BCUT2D eigenvalue weighted by atomic mass is 16.5. The van der Waals surface area contributed by atoms with Gasteiger partial charge < -0.3 is 10.1 Å². The SMILES string of the molecule is CCOC(=O)c1ccc(C)c2c1CCCN2. The largest absolute Gasteiger partial charge is 0.462 e. The molecule has 0 aliphatic carbocycles. The van der Waals surface area contributed by atoms with Gasteiger partial charge in [0.25, 0.3) is 0 Å². The van der Waals surface area contributed by atoms with Gasteiger partial charge >= 0.3 is 5.97 Å². The molecule has 0 saturated carbocycles. The number of fused-ring (bicyclic) bond motifs is 1. The Bertz CT molecular complexity index is 413. The summed E-state index contributed by atoms with van der Waals surface area (Å²) in [6, 6.07) is 3.85. The molecule has 1 N–H and O–H groups in total. The smallest absolute Gasteiger partial charge is 0.338 e. The van der Waals surface area contributed by atoms with Gasteiger partial charge in [0.1, 0.15) is 0 Å². The standard InChI is InChI=1S/C13H17NO2/c1-3-16-13(15)11-7-6-9(2)12-10(11)5-4-8-14-12/h6-7,14H,3-5,8H2,1-2H3. The molecule has 3 heteroatoms. The van der Waals surface area contributed by atoms with E-state index >= 15 is 0 Å². The molecule has 1 heterocycles. The van der Waals surface area contributed by atoms with Crippen molar-refractivity contribution in [3.8, 4) is 0 Å². The number of carbonyl (C=O) groups excluding carboxylic acids is 1. The normalized spacial score (nSPS) is 13.9. The molecule has 0 radical (unpaired) electrons. The summed E-state index contributed by atoms with van der Waals surface area (Å²) in [5, 5.41) is 3.36. The summed E-state index contributed by atoms with van der Waals surface area (Å²) in [5.74, 6) is -0.206. The van der Waals surface area contributed by atoms with Crippen LogP contribution in [0.15, 0.2) is 12.1 Å². The maximum absolute atomic E-state index is 11.8. The molecule has 2 rings (SSSR count). The van der Waals surface area contributed by atoms with Gasteiger partial charge in [-0.15, -0.1) is 0 Å². The highest BCUT2D eigenvalue weighted by molar-refractivity contribution is 5.93. The number of rotatable bonds is 2. The Balaban J connectivity index is 2.42. The van der Waals surface area contributed by atoms with E-state index in [1.807, 2.05) is 19.1 Å². The van der Waals surface area contributed by atoms with Gasteiger partial charge in [0, 0.05) is 12.2 Å². The lowest BCUT2D eigenvalue weighted by Crippen LogP contribution is -2.17. The first-order chi connectivity index (χ1) is 7.74. The Morgan fingerprint density at radius 3 is 3.06 bits per heavy atom. The van der Waals surface area contributed by atoms with Crippen molar-refractivity contribution >= 4 is 11.7 Å². The van der Waals surface area contributed by atoms with Crippen LogP contribution in [0.5, 0.6) is 0 Å². The molecule has 0 bridgehead atoms. The van der Waals surface area contributed by atoms with Crippen LogP contribution in [0.4, 0.5) is 5.69 Å². The second-order valence-corrected chi connectivity index (χ2v) is 4.03. The summed E-state index contributed by atoms with van der Waals surface area (Å²) in [7, 11) is 0. The van der Waals surface area contributed by atoms with E-state index < -0.39 is 0 Å². The van der Waals surface area contributed by atoms with Crippen molar-refractivity contribution in [2.75, 3.05) is 18.5 Å². The molecule has 0 unspecified atom stereocenters. The van der Waals surface area contributed by atoms with E-state index in [1.165, 1.54) is 5.56 Å². The number of hydrogen-bond donors (Lipinski definition) is 1. The zero-order valence-electron chi connectivity index (χ0n) is 9.80. The summed E-state index contributed by atoms with van der Waals surface area (Å²) >= 11 is 0. The quantitative estimate of drug-likeness (QED) is 0.777. The van der Waals surface area contributed by atoms with Crippen LogP contribution in [-0.4, -0.2) is 19.1 Å². The number of hydrogen-bond acceptors (Lipinski definition) is 3. The number of benzene rings is 1. The van der Waals surface area contributed by atoms with Gasteiger partial charge in [-0.25, -0.2) is 4.79 Å². The zero-order chi connectivity index (χ0) is 11.5. The molecule has 16 heavy (non-hydrogen) atoms. The number of anilines is 1. The summed E-state index contributed by atoms with van der Waals surface area (Å²) < 4.78 is 5.07. The van der Waals surface area contributed by atoms with Gasteiger partial charge in [0.15, 0.2) is 0 Å². The molecule has 1 aliphatic heterocycles. The van der Waals surface area contributed by atoms with E-state index in [0.29, 0.717) is 6.61 Å². The van der Waals surface area contributed by atoms with Gasteiger partial charge in [0.2, 0.25) is 0 Å². The number of carbonyl (C=O) groups is 1. The first kappa shape index (κ1) is 11.0. The van der Waals surface area contributed by atoms with Gasteiger partial charge in [0.05, 0.1) is 12.2 Å². The fourth-order valence-corrected chi connectivity index (χ4v) is 2.15. The van der Waals surface area contributed by atoms with Crippen molar-refractivity contribution in [3.63, 3.8) is 0 Å². The average Bonchev–Trinajstić information content (AvgIpc) is 2.30. The van der Waals surface area contributed by atoms with Crippen LogP contribution < -0.4 is 5.32 Å². The minimum Gasteiger partial charge on any atom is -0.462 e. The lowest BCUT2D eigenvalue weighted by Gasteiger charge is -2.22. The number of esters is 1. The summed E-state index contributed by atoms with van der Waals surface area (Å²) in [6.45, 7) is 5.30. The van der Waals surface area contributed by atoms with Crippen LogP contribution in [-0.2, 0) is 11.2 Å². The third-order valence-electron chi connectivity index (χ3n) is 2.92. The summed E-state index contributed by atoms with van der Waals surface area (Å²) in [5.41, 5.74) is 4.15. The molecule has 0 atom stereocenters. The van der Waals surface area contributed by atoms with Crippen molar-refractivity contribution in [1.29, 1.82) is 0 Å². The van der Waals surface area contributed by atoms with E-state index in [9.17, 15) is 4.79 Å². The molecular weight excluding hydrogens is 202 g/mol. The predicted octanol–water partition coefficient (Wildman–Crippen LogP) is 2.53. The van der Waals surface area contributed by atoms with Crippen LogP contribution in [0.1, 0.15) is 34.8 Å². The van der Waals surface area contributed by atoms with Crippen molar-refractivity contribution in [2.45, 2.75) is 26.7 Å².